The van der Waals surface area contributed by atoms with Gasteiger partial charge >= 0.3 is 6.03 Å². The first-order valence-corrected chi connectivity index (χ1v) is 10.4. The van der Waals surface area contributed by atoms with Gasteiger partial charge in [0.05, 0.1) is 0 Å². The summed E-state index contributed by atoms with van der Waals surface area (Å²) in [6, 6.07) is 14.8. The summed E-state index contributed by atoms with van der Waals surface area (Å²) in [5.41, 5.74) is 2.39. The van der Waals surface area contributed by atoms with Gasteiger partial charge < -0.3 is 15.1 Å². The summed E-state index contributed by atoms with van der Waals surface area (Å²) in [5, 5.41) is 2.88. The Labute approximate surface area is 174 Å². The Bertz CT molecular complexity index is 813. The number of likely N-dealkylation sites (tertiary alicyclic amines) is 1. The van der Waals surface area contributed by atoms with Crippen LogP contribution in [0.4, 0.5) is 10.5 Å². The molecular formula is C22H26BrN3O2. The standard InChI is InChI=1S/C22H26BrN3O2/c1-16-11-13-26(14-12-16)21(27)18-5-9-20(10-6-18)24-22(28)25(2)15-17-3-7-19(23)8-4-17/h3-10,16H,11-15H2,1-2H3,(H,24,28). The van der Waals surface area contributed by atoms with Crippen LogP contribution < -0.4 is 5.32 Å². The molecule has 3 rings (SSSR count). The Morgan fingerprint density at radius 3 is 2.29 bits per heavy atom. The Morgan fingerprint density at radius 1 is 1.07 bits per heavy atom. The number of piperidine rings is 1. The van der Waals surface area contributed by atoms with E-state index < -0.39 is 0 Å². The summed E-state index contributed by atoms with van der Waals surface area (Å²) < 4.78 is 1.01. The van der Waals surface area contributed by atoms with Gasteiger partial charge in [0.2, 0.25) is 0 Å². The van der Waals surface area contributed by atoms with Crippen molar-refractivity contribution in [3.8, 4) is 0 Å². The fraction of sp³-hybridized carbons (Fsp3) is 0.364. The normalized spacial score (nSPS) is 14.6. The van der Waals surface area contributed by atoms with Crippen LogP contribution in [0.1, 0.15) is 35.7 Å². The first-order valence-electron chi connectivity index (χ1n) is 9.58. The summed E-state index contributed by atoms with van der Waals surface area (Å²) in [7, 11) is 1.76. The van der Waals surface area contributed by atoms with Gasteiger partial charge in [0.15, 0.2) is 0 Å². The number of urea groups is 1. The van der Waals surface area contributed by atoms with Crippen LogP contribution >= 0.6 is 15.9 Å². The predicted molar refractivity (Wildman–Crippen MR) is 115 cm³/mol. The highest BCUT2D eigenvalue weighted by Crippen LogP contribution is 2.19. The molecule has 1 saturated heterocycles. The van der Waals surface area contributed by atoms with Gasteiger partial charge in [-0.25, -0.2) is 4.79 Å². The first kappa shape index (κ1) is 20.4. The molecule has 1 heterocycles. The molecule has 0 unspecified atom stereocenters. The second-order valence-electron chi connectivity index (χ2n) is 7.46. The maximum atomic E-state index is 12.6. The van der Waals surface area contributed by atoms with Crippen molar-refractivity contribution >= 4 is 33.6 Å². The van der Waals surface area contributed by atoms with E-state index in [2.05, 4.69) is 28.2 Å². The maximum Gasteiger partial charge on any atom is 0.321 e. The van der Waals surface area contributed by atoms with Crippen molar-refractivity contribution < 1.29 is 9.59 Å². The molecule has 28 heavy (non-hydrogen) atoms. The van der Waals surface area contributed by atoms with Crippen LogP contribution in [0.2, 0.25) is 0 Å². The van der Waals surface area contributed by atoms with E-state index >= 15 is 0 Å². The molecule has 0 aromatic heterocycles. The molecule has 2 aromatic carbocycles. The molecule has 0 saturated carbocycles. The highest BCUT2D eigenvalue weighted by molar-refractivity contribution is 9.10. The van der Waals surface area contributed by atoms with Crippen LogP contribution in [-0.2, 0) is 6.54 Å². The fourth-order valence-electron chi connectivity index (χ4n) is 3.24. The average Bonchev–Trinajstić information content (AvgIpc) is 2.70. The van der Waals surface area contributed by atoms with E-state index in [0.29, 0.717) is 23.7 Å². The summed E-state index contributed by atoms with van der Waals surface area (Å²) in [6.45, 7) is 4.38. The minimum absolute atomic E-state index is 0.0668. The lowest BCUT2D eigenvalue weighted by atomic mass is 9.98. The topological polar surface area (TPSA) is 52.7 Å². The first-order chi connectivity index (χ1) is 13.4. The number of rotatable bonds is 4. The van der Waals surface area contributed by atoms with Gasteiger partial charge in [0.25, 0.3) is 5.91 Å². The SMILES string of the molecule is CC1CCN(C(=O)c2ccc(NC(=O)N(C)Cc3ccc(Br)cc3)cc2)CC1. The van der Waals surface area contributed by atoms with Crippen LogP contribution in [0.25, 0.3) is 0 Å². The number of nitrogens with zero attached hydrogens (tertiary/aromatic N) is 2. The van der Waals surface area contributed by atoms with E-state index in [1.807, 2.05) is 29.2 Å². The molecule has 148 valence electrons. The molecule has 1 fully saturated rings. The summed E-state index contributed by atoms with van der Waals surface area (Å²) in [6.07, 6.45) is 2.12. The van der Waals surface area contributed by atoms with Crippen LogP contribution in [-0.4, -0.2) is 41.9 Å². The van der Waals surface area contributed by atoms with Crippen LogP contribution in [0.3, 0.4) is 0 Å². The summed E-state index contributed by atoms with van der Waals surface area (Å²) in [4.78, 5) is 28.6. The molecular weight excluding hydrogens is 418 g/mol. The van der Waals surface area contributed by atoms with Gasteiger partial charge in [-0.1, -0.05) is 35.0 Å². The smallest absolute Gasteiger partial charge is 0.321 e. The van der Waals surface area contributed by atoms with E-state index in [0.717, 1.165) is 36.0 Å². The van der Waals surface area contributed by atoms with Crippen molar-refractivity contribution in [2.45, 2.75) is 26.3 Å². The van der Waals surface area contributed by atoms with E-state index in [1.165, 1.54) is 0 Å². The van der Waals surface area contributed by atoms with Crippen molar-refractivity contribution in [1.82, 2.24) is 9.80 Å². The molecule has 1 N–H and O–H groups in total. The maximum absolute atomic E-state index is 12.6. The minimum atomic E-state index is -0.188. The molecule has 6 heteroatoms. The van der Waals surface area contributed by atoms with Gasteiger partial charge in [0, 0.05) is 42.4 Å². The number of benzene rings is 2. The molecule has 0 aliphatic carbocycles. The second-order valence-corrected chi connectivity index (χ2v) is 8.38. The number of carbonyl (C=O) groups excluding carboxylic acids is 2. The highest BCUT2D eigenvalue weighted by Gasteiger charge is 2.21. The molecule has 1 aliphatic heterocycles. The minimum Gasteiger partial charge on any atom is -0.339 e. The number of hydrogen-bond donors (Lipinski definition) is 1. The van der Waals surface area contributed by atoms with Gasteiger partial charge in [-0.05, 0) is 60.7 Å². The molecule has 0 atom stereocenters. The Kier molecular flexibility index (Phi) is 6.73. The molecule has 1 aliphatic rings. The van der Waals surface area contributed by atoms with E-state index in [4.69, 9.17) is 0 Å². The molecule has 2 aromatic rings. The summed E-state index contributed by atoms with van der Waals surface area (Å²) >= 11 is 3.41. The van der Waals surface area contributed by atoms with Crippen LogP contribution in [0.5, 0.6) is 0 Å². The summed E-state index contributed by atoms with van der Waals surface area (Å²) in [5.74, 6) is 0.758. The number of amides is 3. The van der Waals surface area contributed by atoms with Crippen molar-refractivity contribution in [2.75, 3.05) is 25.5 Å². The Morgan fingerprint density at radius 2 is 1.68 bits per heavy atom. The lowest BCUT2D eigenvalue weighted by Gasteiger charge is -2.30. The fourth-order valence-corrected chi connectivity index (χ4v) is 3.51. The van der Waals surface area contributed by atoms with Crippen molar-refractivity contribution in [1.29, 1.82) is 0 Å². The molecule has 0 bridgehead atoms. The zero-order chi connectivity index (χ0) is 20.1. The predicted octanol–water partition coefficient (Wildman–Crippen LogP) is 4.99. The van der Waals surface area contributed by atoms with Crippen LogP contribution in [0, 0.1) is 5.92 Å². The number of halogens is 1. The number of hydrogen-bond acceptors (Lipinski definition) is 2. The third-order valence-electron chi connectivity index (χ3n) is 5.13. The highest BCUT2D eigenvalue weighted by atomic mass is 79.9. The zero-order valence-electron chi connectivity index (χ0n) is 16.3. The lowest BCUT2D eigenvalue weighted by Crippen LogP contribution is -2.37. The Balaban J connectivity index is 1.55. The monoisotopic (exact) mass is 443 g/mol. The van der Waals surface area contributed by atoms with Crippen LogP contribution in [0.15, 0.2) is 53.0 Å². The van der Waals surface area contributed by atoms with Crippen molar-refractivity contribution in [2.24, 2.45) is 5.92 Å². The van der Waals surface area contributed by atoms with Gasteiger partial charge in [-0.15, -0.1) is 0 Å². The average molecular weight is 444 g/mol. The quantitative estimate of drug-likeness (QED) is 0.723. The molecule has 3 amide bonds. The van der Waals surface area contributed by atoms with Crippen molar-refractivity contribution in [3.05, 3.63) is 64.1 Å². The number of carbonyl (C=O) groups is 2. The largest absolute Gasteiger partial charge is 0.339 e. The van der Waals surface area contributed by atoms with Crippen molar-refractivity contribution in [3.63, 3.8) is 0 Å². The van der Waals surface area contributed by atoms with E-state index in [1.54, 1.807) is 36.2 Å². The van der Waals surface area contributed by atoms with Gasteiger partial charge in [-0.3, -0.25) is 4.79 Å². The third-order valence-corrected chi connectivity index (χ3v) is 5.66. The number of anilines is 1. The van der Waals surface area contributed by atoms with E-state index in [9.17, 15) is 9.59 Å². The molecule has 0 spiro atoms. The van der Waals surface area contributed by atoms with E-state index in [-0.39, 0.29) is 11.9 Å². The number of nitrogens with one attached hydrogen (secondary N) is 1. The zero-order valence-corrected chi connectivity index (χ0v) is 17.9. The lowest BCUT2D eigenvalue weighted by molar-refractivity contribution is 0.0697. The third kappa shape index (κ3) is 5.35. The molecule has 0 radical (unpaired) electrons. The van der Waals surface area contributed by atoms with Gasteiger partial charge in [-0.2, -0.15) is 0 Å². The molecule has 5 nitrogen and oxygen atoms in total. The van der Waals surface area contributed by atoms with Gasteiger partial charge in [0.1, 0.15) is 0 Å². The second kappa shape index (κ2) is 9.24. The Hall–Kier alpha value is -2.34.